The van der Waals surface area contributed by atoms with Crippen molar-refractivity contribution in [2.75, 3.05) is 0 Å². The summed E-state index contributed by atoms with van der Waals surface area (Å²) in [4.78, 5) is 14.7. The second-order valence-electron chi connectivity index (χ2n) is 5.12. The van der Waals surface area contributed by atoms with E-state index in [9.17, 15) is 4.79 Å². The normalized spacial score (nSPS) is 32.8. The lowest BCUT2D eigenvalue weighted by Crippen LogP contribution is -2.13. The van der Waals surface area contributed by atoms with Gasteiger partial charge in [-0.2, -0.15) is 0 Å². The van der Waals surface area contributed by atoms with Gasteiger partial charge in [0.25, 0.3) is 0 Å². The van der Waals surface area contributed by atoms with Crippen LogP contribution in [0.15, 0.2) is 6.07 Å². The number of fused-ring (bicyclic) bond motifs is 1. The maximum Gasteiger partial charge on any atom is 0.167 e. The molecule has 0 N–H and O–H groups in total. The molecule has 1 nitrogen and oxygen atoms in total. The Hall–Kier alpha value is -0.630. The number of ketones is 1. The summed E-state index contributed by atoms with van der Waals surface area (Å²) in [5.74, 6) is 2.57. The van der Waals surface area contributed by atoms with Crippen LogP contribution in [0.3, 0.4) is 0 Å². The predicted molar refractivity (Wildman–Crippen MR) is 62.4 cm³/mol. The van der Waals surface area contributed by atoms with E-state index in [1.807, 2.05) is 0 Å². The number of hydrogen-bond acceptors (Lipinski definition) is 2. The second kappa shape index (κ2) is 3.18. The van der Waals surface area contributed by atoms with Crippen LogP contribution in [0.25, 0.3) is 0 Å². The molecule has 2 saturated carbocycles. The van der Waals surface area contributed by atoms with E-state index in [1.165, 1.54) is 16.2 Å². The minimum Gasteiger partial charge on any atom is -0.294 e. The lowest BCUT2D eigenvalue weighted by atomic mass is 9.93. The summed E-state index contributed by atoms with van der Waals surface area (Å²) in [6.07, 6.45) is 3.72. The van der Waals surface area contributed by atoms with Crippen LogP contribution in [0, 0.1) is 31.6 Å². The van der Waals surface area contributed by atoms with E-state index >= 15 is 0 Å². The van der Waals surface area contributed by atoms with Crippen molar-refractivity contribution in [3.63, 3.8) is 0 Å². The van der Waals surface area contributed by atoms with Gasteiger partial charge in [0.2, 0.25) is 0 Å². The lowest BCUT2D eigenvalue weighted by Gasteiger charge is -2.09. The van der Waals surface area contributed by atoms with Crippen molar-refractivity contribution in [2.24, 2.45) is 17.8 Å². The molecule has 15 heavy (non-hydrogen) atoms. The smallest absolute Gasteiger partial charge is 0.167 e. The minimum absolute atomic E-state index is 0.349. The summed E-state index contributed by atoms with van der Waals surface area (Å²) in [5.41, 5.74) is 1.00. The van der Waals surface area contributed by atoms with Crippen LogP contribution in [-0.4, -0.2) is 5.78 Å². The van der Waals surface area contributed by atoms with Crippen LogP contribution in [0.2, 0.25) is 0 Å². The summed E-state index contributed by atoms with van der Waals surface area (Å²) in [7, 11) is 0. The zero-order valence-corrected chi connectivity index (χ0v) is 10.1. The summed E-state index contributed by atoms with van der Waals surface area (Å²) in [6, 6.07) is 2.08. The Balaban J connectivity index is 1.81. The molecule has 2 heteroatoms. The molecule has 0 radical (unpaired) electrons. The summed E-state index contributed by atoms with van der Waals surface area (Å²) < 4.78 is 0. The Morgan fingerprint density at radius 3 is 2.47 bits per heavy atom. The van der Waals surface area contributed by atoms with Crippen LogP contribution >= 0.6 is 11.3 Å². The third kappa shape index (κ3) is 1.55. The number of carbonyl (C=O) groups excluding carboxylic acids is 1. The van der Waals surface area contributed by atoms with Gasteiger partial charge in [-0.1, -0.05) is 0 Å². The van der Waals surface area contributed by atoms with Crippen LogP contribution in [0.1, 0.15) is 39.4 Å². The molecular formula is C13H16OS. The number of carbonyl (C=O) groups is 1. The van der Waals surface area contributed by atoms with Crippen molar-refractivity contribution in [3.05, 3.63) is 21.4 Å². The van der Waals surface area contributed by atoms with E-state index in [4.69, 9.17) is 0 Å². The molecule has 80 valence electrons. The molecule has 1 aromatic heterocycles. The van der Waals surface area contributed by atoms with Gasteiger partial charge < -0.3 is 0 Å². The molecule has 0 amide bonds. The topological polar surface area (TPSA) is 17.1 Å². The van der Waals surface area contributed by atoms with Gasteiger partial charge in [-0.3, -0.25) is 4.79 Å². The van der Waals surface area contributed by atoms with Crippen molar-refractivity contribution in [1.82, 2.24) is 0 Å². The molecule has 0 aliphatic heterocycles. The molecule has 0 aromatic carbocycles. The first-order chi connectivity index (χ1) is 7.15. The molecular weight excluding hydrogens is 204 g/mol. The first kappa shape index (κ1) is 9.59. The Labute approximate surface area is 94.5 Å². The molecule has 2 fully saturated rings. The highest BCUT2D eigenvalue weighted by Crippen LogP contribution is 2.55. The van der Waals surface area contributed by atoms with Gasteiger partial charge in [0.05, 0.1) is 0 Å². The average molecular weight is 220 g/mol. The third-order valence-corrected chi connectivity index (χ3v) is 4.89. The van der Waals surface area contributed by atoms with Crippen molar-refractivity contribution in [1.29, 1.82) is 0 Å². The molecule has 2 unspecified atom stereocenters. The van der Waals surface area contributed by atoms with E-state index in [-0.39, 0.29) is 0 Å². The van der Waals surface area contributed by atoms with Gasteiger partial charge in [0, 0.05) is 21.2 Å². The average Bonchev–Trinajstić information content (AvgIpc) is 2.65. The van der Waals surface area contributed by atoms with E-state index in [0.717, 1.165) is 30.2 Å². The number of rotatable bonds is 2. The third-order valence-electron chi connectivity index (χ3n) is 3.92. The Bertz CT molecular complexity index is 408. The highest BCUT2D eigenvalue weighted by atomic mass is 32.1. The van der Waals surface area contributed by atoms with Crippen molar-refractivity contribution in [3.8, 4) is 0 Å². The molecule has 1 aromatic rings. The summed E-state index contributed by atoms with van der Waals surface area (Å²) in [6.45, 7) is 4.15. The zero-order chi connectivity index (χ0) is 10.6. The van der Waals surface area contributed by atoms with Gasteiger partial charge in [-0.05, 0) is 51.0 Å². The standard InChI is InChI=1S/C13H16OS/c1-7-3-12(8(2)15-7)13(14)11-5-9-4-10(9)6-11/h3,9-11H,4-6H2,1-2H3. The first-order valence-corrected chi connectivity index (χ1v) is 6.58. The zero-order valence-electron chi connectivity index (χ0n) is 9.25. The summed E-state index contributed by atoms with van der Waals surface area (Å²) >= 11 is 1.75. The van der Waals surface area contributed by atoms with Crippen LogP contribution in [-0.2, 0) is 0 Å². The van der Waals surface area contributed by atoms with Crippen molar-refractivity contribution < 1.29 is 4.79 Å². The molecule has 0 spiro atoms. The molecule has 1 heterocycles. The van der Waals surface area contributed by atoms with Crippen molar-refractivity contribution in [2.45, 2.75) is 33.1 Å². The molecule has 3 rings (SSSR count). The number of aryl methyl sites for hydroxylation is 2. The predicted octanol–water partition coefficient (Wildman–Crippen LogP) is 3.59. The SMILES string of the molecule is Cc1cc(C(=O)C2CC3CC3C2)c(C)s1. The largest absolute Gasteiger partial charge is 0.294 e. The number of thiophene rings is 1. The van der Waals surface area contributed by atoms with Gasteiger partial charge in [0.15, 0.2) is 5.78 Å². The number of Topliss-reactive ketones (excluding diaryl/α,β-unsaturated/α-hetero) is 1. The van der Waals surface area contributed by atoms with E-state index in [1.54, 1.807) is 11.3 Å². The van der Waals surface area contributed by atoms with Crippen LogP contribution < -0.4 is 0 Å². The molecule has 0 saturated heterocycles. The highest BCUT2D eigenvalue weighted by Gasteiger charge is 2.48. The maximum absolute atomic E-state index is 12.3. The fraction of sp³-hybridized carbons (Fsp3) is 0.615. The Morgan fingerprint density at radius 2 is 1.93 bits per heavy atom. The molecule has 2 aliphatic carbocycles. The van der Waals surface area contributed by atoms with Crippen LogP contribution in [0.5, 0.6) is 0 Å². The molecule has 2 atom stereocenters. The van der Waals surface area contributed by atoms with E-state index in [2.05, 4.69) is 19.9 Å². The Kier molecular flexibility index (Phi) is 2.03. The number of hydrogen-bond donors (Lipinski definition) is 0. The van der Waals surface area contributed by atoms with E-state index in [0.29, 0.717) is 11.7 Å². The quantitative estimate of drug-likeness (QED) is 0.696. The highest BCUT2D eigenvalue weighted by molar-refractivity contribution is 7.12. The summed E-state index contributed by atoms with van der Waals surface area (Å²) in [5, 5.41) is 0. The van der Waals surface area contributed by atoms with E-state index < -0.39 is 0 Å². The lowest BCUT2D eigenvalue weighted by molar-refractivity contribution is 0.0914. The first-order valence-electron chi connectivity index (χ1n) is 5.76. The fourth-order valence-corrected chi connectivity index (χ4v) is 3.95. The maximum atomic E-state index is 12.3. The second-order valence-corrected chi connectivity index (χ2v) is 6.58. The fourth-order valence-electron chi connectivity index (χ4n) is 3.02. The van der Waals surface area contributed by atoms with Gasteiger partial charge >= 0.3 is 0 Å². The monoisotopic (exact) mass is 220 g/mol. The van der Waals surface area contributed by atoms with Crippen molar-refractivity contribution >= 4 is 17.1 Å². The minimum atomic E-state index is 0.349. The molecule has 2 aliphatic rings. The van der Waals surface area contributed by atoms with Gasteiger partial charge in [-0.15, -0.1) is 11.3 Å². The van der Waals surface area contributed by atoms with Gasteiger partial charge in [-0.25, -0.2) is 0 Å². The molecule has 0 bridgehead atoms. The van der Waals surface area contributed by atoms with Crippen LogP contribution in [0.4, 0.5) is 0 Å². The van der Waals surface area contributed by atoms with Gasteiger partial charge in [0.1, 0.15) is 0 Å². The Morgan fingerprint density at radius 1 is 1.27 bits per heavy atom.